The van der Waals surface area contributed by atoms with Crippen molar-refractivity contribution in [3.8, 4) is 11.3 Å². The molecule has 0 radical (unpaired) electrons. The van der Waals surface area contributed by atoms with Crippen LogP contribution in [-0.2, 0) is 34.0 Å². The molecular weight excluding hydrogens is 394 g/mol. The zero-order chi connectivity index (χ0) is 22.1. The maximum absolute atomic E-state index is 12.5. The molecule has 2 aromatic rings. The lowest BCUT2D eigenvalue weighted by Gasteiger charge is -2.30. The summed E-state index contributed by atoms with van der Waals surface area (Å²) >= 11 is 0. The maximum atomic E-state index is 12.5. The molecule has 0 atom stereocenters. The summed E-state index contributed by atoms with van der Waals surface area (Å²) in [6.07, 6.45) is 2.18. The number of carbonyl (C=O) groups excluding carboxylic acids is 1. The molecule has 0 unspecified atom stereocenters. The Morgan fingerprint density at radius 1 is 1.23 bits per heavy atom. The third-order valence-electron chi connectivity index (χ3n) is 5.04. The van der Waals surface area contributed by atoms with Gasteiger partial charge < -0.3 is 14.4 Å². The van der Waals surface area contributed by atoms with Gasteiger partial charge in [0, 0.05) is 39.4 Å². The van der Waals surface area contributed by atoms with Crippen molar-refractivity contribution in [3.05, 3.63) is 35.5 Å². The summed E-state index contributed by atoms with van der Waals surface area (Å²) in [6, 6.07) is 7.25. The van der Waals surface area contributed by atoms with E-state index in [1.165, 1.54) is 5.56 Å². The number of benzene rings is 1. The standard InChI is InChI=1S/C23H35N3O3Si/c1-23(2,3)29-20(27)13-17-9-8-10-19-21(17)25(4)15-18-14-24-26(22(18)19)16-28-11-12-30(5,6)7/h8-10,14H,11-13,15-16H2,1-7H3. The molecule has 7 heteroatoms. The van der Waals surface area contributed by atoms with Crippen LogP contribution in [0.3, 0.4) is 0 Å². The molecule has 1 aliphatic rings. The van der Waals surface area contributed by atoms with Gasteiger partial charge in [0.05, 0.1) is 24.0 Å². The topological polar surface area (TPSA) is 56.6 Å². The van der Waals surface area contributed by atoms with Crippen molar-refractivity contribution < 1.29 is 14.3 Å². The summed E-state index contributed by atoms with van der Waals surface area (Å²) in [5.41, 5.74) is 4.90. The number of hydrogen-bond acceptors (Lipinski definition) is 5. The van der Waals surface area contributed by atoms with E-state index in [4.69, 9.17) is 9.47 Å². The molecule has 0 N–H and O–H groups in total. The number of rotatable bonds is 7. The van der Waals surface area contributed by atoms with Crippen LogP contribution in [0.25, 0.3) is 11.3 Å². The van der Waals surface area contributed by atoms with Crippen molar-refractivity contribution in [2.75, 3.05) is 18.6 Å². The van der Waals surface area contributed by atoms with Crippen molar-refractivity contribution in [3.63, 3.8) is 0 Å². The largest absolute Gasteiger partial charge is 0.460 e. The fraction of sp³-hybridized carbons (Fsp3) is 0.565. The molecule has 0 aliphatic carbocycles. The number of carbonyl (C=O) groups is 1. The first-order valence-corrected chi connectivity index (χ1v) is 14.3. The highest BCUT2D eigenvalue weighted by molar-refractivity contribution is 6.76. The van der Waals surface area contributed by atoms with E-state index >= 15 is 0 Å². The van der Waals surface area contributed by atoms with Gasteiger partial charge in [0.25, 0.3) is 0 Å². The van der Waals surface area contributed by atoms with Crippen LogP contribution in [0.15, 0.2) is 24.4 Å². The number of nitrogens with zero attached hydrogens (tertiary/aromatic N) is 3. The second kappa shape index (κ2) is 8.55. The molecule has 164 valence electrons. The molecule has 1 aromatic heterocycles. The van der Waals surface area contributed by atoms with Crippen molar-refractivity contribution in [2.45, 2.75) is 71.8 Å². The lowest BCUT2D eigenvalue weighted by molar-refractivity contribution is -0.153. The van der Waals surface area contributed by atoms with Crippen LogP contribution in [0.4, 0.5) is 5.69 Å². The van der Waals surface area contributed by atoms with E-state index in [1.54, 1.807) is 0 Å². The Morgan fingerprint density at radius 3 is 2.63 bits per heavy atom. The molecule has 0 amide bonds. The Balaban J connectivity index is 1.84. The van der Waals surface area contributed by atoms with Gasteiger partial charge in [0.2, 0.25) is 0 Å². The van der Waals surface area contributed by atoms with Gasteiger partial charge in [-0.2, -0.15) is 5.10 Å². The van der Waals surface area contributed by atoms with Crippen molar-refractivity contribution in [2.24, 2.45) is 0 Å². The summed E-state index contributed by atoms with van der Waals surface area (Å²) in [4.78, 5) is 14.7. The Bertz CT molecular complexity index is 909. The number of aromatic nitrogens is 2. The fourth-order valence-corrected chi connectivity index (χ4v) is 4.48. The van der Waals surface area contributed by atoms with E-state index in [1.807, 2.05) is 43.8 Å². The third kappa shape index (κ3) is 5.52. The van der Waals surface area contributed by atoms with Gasteiger partial charge in [-0.25, -0.2) is 4.68 Å². The number of para-hydroxylation sites is 1. The third-order valence-corrected chi connectivity index (χ3v) is 6.75. The molecule has 0 saturated carbocycles. The molecule has 0 saturated heterocycles. The predicted molar refractivity (Wildman–Crippen MR) is 123 cm³/mol. The SMILES string of the molecule is CN1Cc2cnn(COCC[Si](C)(C)C)c2-c2cccc(CC(=O)OC(C)(C)C)c21. The highest BCUT2D eigenvalue weighted by Gasteiger charge is 2.27. The molecule has 1 aromatic carbocycles. The molecule has 2 heterocycles. The van der Waals surface area contributed by atoms with Gasteiger partial charge in [0.1, 0.15) is 12.3 Å². The van der Waals surface area contributed by atoms with Crippen LogP contribution in [0.5, 0.6) is 0 Å². The minimum absolute atomic E-state index is 0.210. The van der Waals surface area contributed by atoms with Crippen LogP contribution in [0.1, 0.15) is 31.9 Å². The number of esters is 1. The first-order valence-electron chi connectivity index (χ1n) is 10.6. The van der Waals surface area contributed by atoms with Gasteiger partial charge >= 0.3 is 5.97 Å². The normalized spacial score (nSPS) is 13.8. The average Bonchev–Trinajstić information content (AvgIpc) is 2.99. The molecule has 3 rings (SSSR count). The minimum atomic E-state index is -1.12. The van der Waals surface area contributed by atoms with Gasteiger partial charge in [0.15, 0.2) is 0 Å². The van der Waals surface area contributed by atoms with Gasteiger partial charge in [-0.15, -0.1) is 0 Å². The van der Waals surface area contributed by atoms with Crippen LogP contribution >= 0.6 is 0 Å². The summed E-state index contributed by atoms with van der Waals surface area (Å²) in [7, 11) is 0.938. The Labute approximate surface area is 181 Å². The van der Waals surface area contributed by atoms with E-state index in [0.29, 0.717) is 6.73 Å². The highest BCUT2D eigenvalue weighted by atomic mass is 28.3. The molecule has 0 bridgehead atoms. The predicted octanol–water partition coefficient (Wildman–Crippen LogP) is 4.70. The van der Waals surface area contributed by atoms with Gasteiger partial charge in [-0.1, -0.05) is 37.8 Å². The molecule has 0 fully saturated rings. The Hall–Kier alpha value is -2.12. The molecule has 30 heavy (non-hydrogen) atoms. The maximum Gasteiger partial charge on any atom is 0.310 e. The lowest BCUT2D eigenvalue weighted by Crippen LogP contribution is -2.27. The summed E-state index contributed by atoms with van der Waals surface area (Å²) in [5, 5.41) is 4.59. The Kier molecular flexibility index (Phi) is 6.43. The first kappa shape index (κ1) is 22.6. The quantitative estimate of drug-likeness (QED) is 0.363. The monoisotopic (exact) mass is 429 g/mol. The van der Waals surface area contributed by atoms with E-state index < -0.39 is 13.7 Å². The summed E-state index contributed by atoms with van der Waals surface area (Å²) in [5.74, 6) is -0.210. The number of ether oxygens (including phenoxy) is 2. The number of fused-ring (bicyclic) bond motifs is 3. The second-order valence-electron chi connectivity index (χ2n) is 10.3. The van der Waals surface area contributed by atoms with Crippen LogP contribution < -0.4 is 4.90 Å². The Morgan fingerprint density at radius 2 is 1.97 bits per heavy atom. The minimum Gasteiger partial charge on any atom is -0.460 e. The second-order valence-corrected chi connectivity index (χ2v) is 15.9. The van der Waals surface area contributed by atoms with Gasteiger partial charge in [-0.05, 0) is 32.4 Å². The van der Waals surface area contributed by atoms with E-state index in [0.717, 1.165) is 41.7 Å². The van der Waals surface area contributed by atoms with Crippen molar-refractivity contribution in [1.29, 1.82) is 0 Å². The van der Waals surface area contributed by atoms with Crippen LogP contribution in [-0.4, -0.2) is 43.1 Å². The molecule has 6 nitrogen and oxygen atoms in total. The fourth-order valence-electron chi connectivity index (χ4n) is 3.72. The van der Waals surface area contributed by atoms with Crippen LogP contribution in [0.2, 0.25) is 25.7 Å². The summed E-state index contributed by atoms with van der Waals surface area (Å²) < 4.78 is 13.5. The van der Waals surface area contributed by atoms with Crippen molar-refractivity contribution in [1.82, 2.24) is 9.78 Å². The highest BCUT2D eigenvalue weighted by Crippen LogP contribution is 2.40. The van der Waals surface area contributed by atoms with Crippen LogP contribution in [0, 0.1) is 0 Å². The van der Waals surface area contributed by atoms with Crippen molar-refractivity contribution >= 4 is 19.7 Å². The molecule has 1 aliphatic heterocycles. The van der Waals surface area contributed by atoms with E-state index in [2.05, 4.69) is 42.8 Å². The zero-order valence-corrected chi connectivity index (χ0v) is 20.4. The number of hydrogen-bond donors (Lipinski definition) is 0. The molecule has 0 spiro atoms. The average molecular weight is 430 g/mol. The van der Waals surface area contributed by atoms with E-state index in [9.17, 15) is 4.79 Å². The summed E-state index contributed by atoms with van der Waals surface area (Å²) in [6.45, 7) is 14.7. The first-order chi connectivity index (χ1) is 13.9. The number of anilines is 1. The molecular formula is C23H35N3O3Si. The van der Waals surface area contributed by atoms with E-state index in [-0.39, 0.29) is 12.4 Å². The van der Waals surface area contributed by atoms with Gasteiger partial charge in [-0.3, -0.25) is 4.79 Å². The zero-order valence-electron chi connectivity index (χ0n) is 19.4. The smallest absolute Gasteiger partial charge is 0.310 e. The lowest BCUT2D eigenvalue weighted by atomic mass is 9.95.